The van der Waals surface area contributed by atoms with Crippen molar-refractivity contribution in [1.82, 2.24) is 9.21 Å². The second-order valence-electron chi connectivity index (χ2n) is 6.56. The maximum Gasteiger partial charge on any atom is 0.236 e. The van der Waals surface area contributed by atoms with Gasteiger partial charge in [0.25, 0.3) is 0 Å². The minimum atomic E-state index is -3.49. The zero-order valence-electron chi connectivity index (χ0n) is 15.8. The van der Waals surface area contributed by atoms with Gasteiger partial charge in [0.05, 0.1) is 5.25 Å². The van der Waals surface area contributed by atoms with Crippen molar-refractivity contribution in [2.45, 2.75) is 17.1 Å². The number of carbonyl (C=O) groups is 1. The van der Waals surface area contributed by atoms with Gasteiger partial charge in [0.15, 0.2) is 0 Å². The zero-order chi connectivity index (χ0) is 20.0. The van der Waals surface area contributed by atoms with Gasteiger partial charge in [0.2, 0.25) is 15.9 Å². The monoisotopic (exact) mass is 416 g/mol. The number of thioether (sulfide) groups is 1. The lowest BCUT2D eigenvalue weighted by molar-refractivity contribution is -0.131. The van der Waals surface area contributed by atoms with Crippen LogP contribution in [-0.4, -0.2) is 55.0 Å². The highest BCUT2D eigenvalue weighted by atomic mass is 32.2. The quantitative estimate of drug-likeness (QED) is 0.678. The van der Waals surface area contributed by atoms with E-state index in [0.717, 1.165) is 10.5 Å². The van der Waals surface area contributed by atoms with Gasteiger partial charge in [-0.15, -0.1) is 11.8 Å². The first-order valence-corrected chi connectivity index (χ1v) is 11.6. The number of nitrogens with zero attached hydrogens (tertiary/aromatic N) is 2. The third kappa shape index (κ3) is 5.47. The van der Waals surface area contributed by atoms with E-state index in [1.165, 1.54) is 21.5 Å². The molecule has 0 radical (unpaired) electrons. The zero-order valence-corrected chi connectivity index (χ0v) is 17.4. The van der Waals surface area contributed by atoms with E-state index in [2.05, 4.69) is 0 Å². The van der Waals surface area contributed by atoms with Gasteiger partial charge < -0.3 is 4.90 Å². The summed E-state index contributed by atoms with van der Waals surface area (Å²) >= 11 is 1.52. The predicted molar refractivity (Wildman–Crippen MR) is 114 cm³/mol. The van der Waals surface area contributed by atoms with Crippen LogP contribution in [0.1, 0.15) is 12.5 Å². The molecule has 1 heterocycles. The molecule has 1 aliphatic rings. The molecule has 7 heteroatoms. The summed E-state index contributed by atoms with van der Waals surface area (Å²) in [6.07, 6.45) is 1.60. The third-order valence-electron chi connectivity index (χ3n) is 4.55. The lowest BCUT2D eigenvalue weighted by Gasteiger charge is -2.34. The van der Waals surface area contributed by atoms with E-state index < -0.39 is 10.0 Å². The van der Waals surface area contributed by atoms with Crippen LogP contribution in [0.3, 0.4) is 0 Å². The topological polar surface area (TPSA) is 57.7 Å². The van der Waals surface area contributed by atoms with Crippen LogP contribution in [-0.2, 0) is 14.8 Å². The van der Waals surface area contributed by atoms with Crippen molar-refractivity contribution in [3.8, 4) is 0 Å². The third-order valence-corrected chi connectivity index (χ3v) is 7.21. The number of rotatable bonds is 6. The number of benzene rings is 2. The first-order chi connectivity index (χ1) is 13.5. The van der Waals surface area contributed by atoms with E-state index in [4.69, 9.17) is 0 Å². The molecule has 148 valence electrons. The highest BCUT2D eigenvalue weighted by Crippen LogP contribution is 2.24. The number of sulfonamides is 1. The summed E-state index contributed by atoms with van der Waals surface area (Å²) in [5.74, 6) is 0.0470. The molecule has 28 heavy (non-hydrogen) atoms. The highest BCUT2D eigenvalue weighted by molar-refractivity contribution is 8.00. The second-order valence-corrected chi connectivity index (χ2v) is 9.79. The van der Waals surface area contributed by atoms with Crippen molar-refractivity contribution >= 4 is 33.8 Å². The molecule has 2 aromatic carbocycles. The van der Waals surface area contributed by atoms with Gasteiger partial charge in [-0.25, -0.2) is 8.42 Å². The minimum absolute atomic E-state index is 0.0470. The second kappa shape index (κ2) is 9.41. The van der Waals surface area contributed by atoms with Crippen molar-refractivity contribution < 1.29 is 13.2 Å². The van der Waals surface area contributed by atoms with Gasteiger partial charge >= 0.3 is 0 Å². The SMILES string of the molecule is C[C@@H](Sc1ccccc1)C(=O)N1CCN(S(=O)(=O)/C=C/c2ccccc2)CC1. The lowest BCUT2D eigenvalue weighted by Crippen LogP contribution is -2.51. The van der Waals surface area contributed by atoms with E-state index in [-0.39, 0.29) is 11.2 Å². The van der Waals surface area contributed by atoms with Crippen LogP contribution in [0.5, 0.6) is 0 Å². The molecule has 1 fully saturated rings. The Bertz CT molecular complexity index is 907. The molecule has 2 aromatic rings. The highest BCUT2D eigenvalue weighted by Gasteiger charge is 2.29. The smallest absolute Gasteiger partial charge is 0.236 e. The predicted octanol–water partition coefficient (Wildman–Crippen LogP) is 3.31. The van der Waals surface area contributed by atoms with Gasteiger partial charge in [-0.1, -0.05) is 48.5 Å². The summed E-state index contributed by atoms with van der Waals surface area (Å²) in [6, 6.07) is 19.1. The molecule has 5 nitrogen and oxygen atoms in total. The molecular formula is C21H24N2O3S2. The van der Waals surface area contributed by atoms with Gasteiger partial charge in [-0.2, -0.15) is 4.31 Å². The van der Waals surface area contributed by atoms with Crippen LogP contribution in [0.25, 0.3) is 6.08 Å². The van der Waals surface area contributed by atoms with Crippen molar-refractivity contribution in [1.29, 1.82) is 0 Å². The van der Waals surface area contributed by atoms with Crippen LogP contribution >= 0.6 is 11.8 Å². The van der Waals surface area contributed by atoms with Crippen molar-refractivity contribution in [2.24, 2.45) is 0 Å². The molecule has 0 aromatic heterocycles. The largest absolute Gasteiger partial charge is 0.339 e. The molecule has 0 unspecified atom stereocenters. The number of piperazine rings is 1. The van der Waals surface area contributed by atoms with Gasteiger partial charge in [0.1, 0.15) is 0 Å². The molecule has 0 N–H and O–H groups in total. The normalized spacial score (nSPS) is 17.0. The average molecular weight is 417 g/mol. The summed E-state index contributed by atoms with van der Waals surface area (Å²) < 4.78 is 26.5. The maximum atomic E-state index is 12.7. The van der Waals surface area contributed by atoms with Crippen molar-refractivity contribution in [3.05, 3.63) is 71.6 Å². The molecule has 1 aliphatic heterocycles. The number of hydrogen-bond acceptors (Lipinski definition) is 4. The maximum absolute atomic E-state index is 12.7. The summed E-state index contributed by atoms with van der Waals surface area (Å²) in [5.41, 5.74) is 0.839. The first-order valence-electron chi connectivity index (χ1n) is 9.19. The Kier molecular flexibility index (Phi) is 6.93. The summed E-state index contributed by atoms with van der Waals surface area (Å²) in [5, 5.41) is 1.04. The molecule has 1 atom stereocenters. The van der Waals surface area contributed by atoms with Crippen LogP contribution in [0.2, 0.25) is 0 Å². The Morgan fingerprint density at radius 2 is 1.54 bits per heavy atom. The number of amides is 1. The van der Waals surface area contributed by atoms with E-state index in [0.29, 0.717) is 26.2 Å². The van der Waals surface area contributed by atoms with Gasteiger partial charge in [-0.3, -0.25) is 4.79 Å². The average Bonchev–Trinajstić information content (AvgIpc) is 2.73. The molecule has 0 saturated carbocycles. The molecule has 1 saturated heterocycles. The van der Waals surface area contributed by atoms with Crippen molar-refractivity contribution in [2.75, 3.05) is 26.2 Å². The van der Waals surface area contributed by atoms with Crippen molar-refractivity contribution in [3.63, 3.8) is 0 Å². The summed E-state index contributed by atoms with van der Waals surface area (Å²) in [4.78, 5) is 15.5. The summed E-state index contributed by atoms with van der Waals surface area (Å²) in [6.45, 7) is 3.35. The molecular weight excluding hydrogens is 392 g/mol. The lowest BCUT2D eigenvalue weighted by atomic mass is 10.2. The fourth-order valence-corrected chi connectivity index (χ4v) is 5.13. The Balaban J connectivity index is 1.54. The molecule has 0 spiro atoms. The molecule has 0 aliphatic carbocycles. The van der Waals surface area contributed by atoms with Crippen LogP contribution in [0, 0.1) is 0 Å². The first kappa shape index (κ1) is 20.6. The van der Waals surface area contributed by atoms with Gasteiger partial charge in [0, 0.05) is 36.5 Å². The van der Waals surface area contributed by atoms with E-state index in [1.54, 1.807) is 11.0 Å². The fourth-order valence-electron chi connectivity index (χ4n) is 2.99. The van der Waals surface area contributed by atoms with E-state index >= 15 is 0 Å². The standard InChI is InChI=1S/C21H24N2O3S2/c1-18(27-20-10-6-3-7-11-20)21(24)22-13-15-23(16-14-22)28(25,26)17-12-19-8-4-2-5-9-19/h2-12,17-18H,13-16H2,1H3/b17-12+/t18-/m1/s1. The Morgan fingerprint density at radius 3 is 2.14 bits per heavy atom. The number of hydrogen-bond donors (Lipinski definition) is 0. The molecule has 0 bridgehead atoms. The van der Waals surface area contributed by atoms with E-state index in [1.807, 2.05) is 67.6 Å². The van der Waals surface area contributed by atoms with Crippen LogP contribution in [0.4, 0.5) is 0 Å². The summed E-state index contributed by atoms with van der Waals surface area (Å²) in [7, 11) is -3.49. The Morgan fingerprint density at radius 1 is 0.964 bits per heavy atom. The van der Waals surface area contributed by atoms with Gasteiger partial charge in [-0.05, 0) is 30.7 Å². The number of carbonyl (C=O) groups excluding carboxylic acids is 1. The Labute approximate surface area is 171 Å². The fraction of sp³-hybridized carbons (Fsp3) is 0.286. The molecule has 1 amide bonds. The molecule has 3 rings (SSSR count). The van der Waals surface area contributed by atoms with E-state index in [9.17, 15) is 13.2 Å². The van der Waals surface area contributed by atoms with Crippen LogP contribution in [0.15, 0.2) is 71.0 Å². The Hall–Kier alpha value is -2.09. The van der Waals surface area contributed by atoms with Crippen LogP contribution < -0.4 is 0 Å². The minimum Gasteiger partial charge on any atom is -0.339 e.